The molecule has 0 saturated carbocycles. The molecule has 234 valence electrons. The van der Waals surface area contributed by atoms with E-state index in [2.05, 4.69) is 23.4 Å². The second-order valence-corrected chi connectivity index (χ2v) is 12.3. The monoisotopic (exact) mass is 646 g/mol. The molecule has 0 bridgehead atoms. The number of carbonyl (C=O) groups is 3. The number of nitrogens with one attached hydrogen (secondary N) is 1. The minimum Gasteiger partial charge on any atom is -0.493 e. The van der Waals surface area contributed by atoms with Crippen LogP contribution in [0.15, 0.2) is 71.9 Å². The fourth-order valence-corrected chi connectivity index (χ4v) is 6.59. The molecule has 2 amide bonds. The Labute approximate surface area is 271 Å². The largest absolute Gasteiger partial charge is 0.493 e. The van der Waals surface area contributed by atoms with Crippen molar-refractivity contribution < 1.29 is 24.2 Å². The van der Waals surface area contributed by atoms with Crippen molar-refractivity contribution in [1.29, 1.82) is 0 Å². The smallest absolute Gasteiger partial charge is 0.305 e. The Hall–Kier alpha value is -4.28. The first-order chi connectivity index (χ1) is 21.7. The summed E-state index contributed by atoms with van der Waals surface area (Å²) in [4.78, 5) is 39.6. The first kappa shape index (κ1) is 32.1. The van der Waals surface area contributed by atoms with Gasteiger partial charge >= 0.3 is 5.97 Å². The summed E-state index contributed by atoms with van der Waals surface area (Å²) in [5.41, 5.74) is 6.10. The lowest BCUT2D eigenvalue weighted by Gasteiger charge is -2.30. The topological polar surface area (TPSA) is 114 Å². The minimum atomic E-state index is -0.989. The standard InChI is InChI=1S/C34H35ClN4O5S/c1-22-7-3-12-29(23(22)2)44-17-6-13-30(40)39-16-18-45-33-26(9-5-11-28(33)39)25-19-37-38(21-25)20-24-8-4-10-27(32(24)35)34(43)36-15-14-31(41)42/h3-5,7-12,19,21H,6,13-18,20H2,1-2H3,(H,36,43)(H,41,42). The molecule has 0 spiro atoms. The van der Waals surface area contributed by atoms with Crippen molar-refractivity contribution in [2.24, 2.45) is 0 Å². The van der Waals surface area contributed by atoms with E-state index in [-0.39, 0.29) is 24.4 Å². The van der Waals surface area contributed by atoms with E-state index in [0.29, 0.717) is 43.1 Å². The summed E-state index contributed by atoms with van der Waals surface area (Å²) in [6.07, 6.45) is 4.57. The van der Waals surface area contributed by atoms with Gasteiger partial charge in [0.2, 0.25) is 5.91 Å². The van der Waals surface area contributed by atoms with Crippen LogP contribution in [0.4, 0.5) is 5.69 Å². The number of hydrogen-bond acceptors (Lipinski definition) is 6. The van der Waals surface area contributed by atoms with Crippen molar-refractivity contribution in [2.75, 3.05) is 30.3 Å². The molecule has 2 N–H and O–H groups in total. The maximum atomic E-state index is 13.3. The van der Waals surface area contributed by atoms with Gasteiger partial charge in [-0.25, -0.2) is 0 Å². The number of aryl methyl sites for hydroxylation is 1. The van der Waals surface area contributed by atoms with Crippen molar-refractivity contribution in [1.82, 2.24) is 15.1 Å². The van der Waals surface area contributed by atoms with Crippen LogP contribution >= 0.6 is 23.4 Å². The molecule has 11 heteroatoms. The van der Waals surface area contributed by atoms with Gasteiger partial charge in [-0.05, 0) is 55.2 Å². The number of fused-ring (bicyclic) bond motifs is 1. The van der Waals surface area contributed by atoms with E-state index in [1.807, 2.05) is 54.4 Å². The third-order valence-corrected chi connectivity index (χ3v) is 9.27. The first-order valence-electron chi connectivity index (χ1n) is 14.8. The van der Waals surface area contributed by atoms with E-state index < -0.39 is 11.9 Å². The molecule has 0 aliphatic carbocycles. The van der Waals surface area contributed by atoms with Crippen molar-refractivity contribution in [3.8, 4) is 16.9 Å². The number of carboxylic acid groups (broad SMARTS) is 1. The second-order valence-electron chi connectivity index (χ2n) is 10.8. The number of rotatable bonds is 12. The van der Waals surface area contributed by atoms with Gasteiger partial charge in [-0.2, -0.15) is 5.10 Å². The highest BCUT2D eigenvalue weighted by molar-refractivity contribution is 7.99. The van der Waals surface area contributed by atoms with Crippen LogP contribution in [-0.4, -0.2) is 58.1 Å². The Bertz CT molecular complexity index is 1720. The number of aliphatic carboxylic acids is 1. The zero-order valence-corrected chi connectivity index (χ0v) is 26.8. The lowest BCUT2D eigenvalue weighted by Crippen LogP contribution is -2.35. The molecule has 0 unspecified atom stereocenters. The number of thioether (sulfide) groups is 1. The highest BCUT2D eigenvalue weighted by Crippen LogP contribution is 2.42. The first-order valence-corrected chi connectivity index (χ1v) is 16.1. The van der Waals surface area contributed by atoms with Gasteiger partial charge in [0.25, 0.3) is 5.91 Å². The molecule has 0 atom stereocenters. The van der Waals surface area contributed by atoms with Crippen molar-refractivity contribution >= 4 is 46.8 Å². The second kappa shape index (κ2) is 14.7. The fourth-order valence-electron chi connectivity index (χ4n) is 5.18. The number of carbonyl (C=O) groups excluding carboxylic acids is 2. The van der Waals surface area contributed by atoms with Crippen molar-refractivity contribution in [3.63, 3.8) is 0 Å². The average Bonchev–Trinajstić information content (AvgIpc) is 3.49. The molecule has 9 nitrogen and oxygen atoms in total. The average molecular weight is 647 g/mol. The van der Waals surface area contributed by atoms with E-state index in [1.165, 1.54) is 5.56 Å². The number of nitrogens with zero attached hydrogens (tertiary/aromatic N) is 3. The maximum absolute atomic E-state index is 13.3. The summed E-state index contributed by atoms with van der Waals surface area (Å²) in [5, 5.41) is 16.3. The Kier molecular flexibility index (Phi) is 10.5. The van der Waals surface area contributed by atoms with Gasteiger partial charge < -0.3 is 20.1 Å². The molecule has 5 rings (SSSR count). The molecule has 3 aromatic carbocycles. The number of anilines is 1. The fraction of sp³-hybridized carbons (Fsp3) is 0.294. The number of ether oxygens (including phenoxy) is 1. The van der Waals surface area contributed by atoms with Crippen LogP contribution in [0.25, 0.3) is 11.1 Å². The number of amides is 2. The van der Waals surface area contributed by atoms with Gasteiger partial charge in [0.1, 0.15) is 5.75 Å². The van der Waals surface area contributed by atoms with Gasteiger partial charge in [-0.3, -0.25) is 19.1 Å². The van der Waals surface area contributed by atoms with E-state index in [4.69, 9.17) is 21.4 Å². The van der Waals surface area contributed by atoms with Gasteiger partial charge in [0.05, 0.1) is 42.0 Å². The molecule has 0 fully saturated rings. The molecule has 0 radical (unpaired) electrons. The van der Waals surface area contributed by atoms with Crippen LogP contribution in [0.3, 0.4) is 0 Å². The summed E-state index contributed by atoms with van der Waals surface area (Å²) >= 11 is 8.31. The van der Waals surface area contributed by atoms with E-state index in [1.54, 1.807) is 34.8 Å². The number of hydrogen-bond donors (Lipinski definition) is 2. The Balaban J connectivity index is 1.25. The number of benzene rings is 3. The van der Waals surface area contributed by atoms with Crippen molar-refractivity contribution in [3.05, 3.63) is 94.3 Å². The SMILES string of the molecule is Cc1cccc(OCCCC(=O)N2CCSc3c(-c4cnn(Cc5cccc(C(=O)NCCC(=O)O)c5Cl)c4)cccc32)c1C. The summed E-state index contributed by atoms with van der Waals surface area (Å²) < 4.78 is 7.72. The van der Waals surface area contributed by atoms with Crippen LogP contribution in [0.1, 0.15) is 46.3 Å². The summed E-state index contributed by atoms with van der Waals surface area (Å²) in [5.74, 6) is 0.318. The maximum Gasteiger partial charge on any atom is 0.305 e. The van der Waals surface area contributed by atoms with Crippen LogP contribution in [0, 0.1) is 13.8 Å². The Morgan fingerprint density at radius 3 is 2.69 bits per heavy atom. The van der Waals surface area contributed by atoms with Gasteiger partial charge in [-0.15, -0.1) is 11.8 Å². The van der Waals surface area contributed by atoms with E-state index in [9.17, 15) is 14.4 Å². The predicted molar refractivity (Wildman–Crippen MR) is 177 cm³/mol. The van der Waals surface area contributed by atoms with Gasteiger partial charge in [-0.1, -0.05) is 48.0 Å². The third-order valence-electron chi connectivity index (χ3n) is 7.72. The predicted octanol–water partition coefficient (Wildman–Crippen LogP) is 6.37. The van der Waals surface area contributed by atoms with Gasteiger partial charge in [0.15, 0.2) is 0 Å². The minimum absolute atomic E-state index is 0.0157. The quantitative estimate of drug-likeness (QED) is 0.172. The molecule has 1 aliphatic heterocycles. The number of halogens is 1. The molecule has 1 aliphatic rings. The molecule has 0 saturated heterocycles. The number of carboxylic acids is 1. The third kappa shape index (κ3) is 7.69. The zero-order chi connectivity index (χ0) is 31.9. The molecule has 4 aromatic rings. The zero-order valence-electron chi connectivity index (χ0n) is 25.2. The molecular weight excluding hydrogens is 612 g/mol. The highest BCUT2D eigenvalue weighted by Gasteiger charge is 2.25. The summed E-state index contributed by atoms with van der Waals surface area (Å²) in [6, 6.07) is 17.2. The molecular formula is C34H35ClN4O5S. The number of aromatic nitrogens is 2. The van der Waals surface area contributed by atoms with E-state index >= 15 is 0 Å². The molecule has 45 heavy (non-hydrogen) atoms. The van der Waals surface area contributed by atoms with Crippen LogP contribution in [0.5, 0.6) is 5.75 Å². The normalized spacial score (nSPS) is 12.5. The van der Waals surface area contributed by atoms with Crippen LogP contribution in [-0.2, 0) is 16.1 Å². The summed E-state index contributed by atoms with van der Waals surface area (Å²) in [7, 11) is 0. The van der Waals surface area contributed by atoms with E-state index in [0.717, 1.165) is 38.8 Å². The lowest BCUT2D eigenvalue weighted by molar-refractivity contribution is -0.136. The van der Waals surface area contributed by atoms with Gasteiger partial charge in [0, 0.05) is 47.5 Å². The van der Waals surface area contributed by atoms with Crippen molar-refractivity contribution in [2.45, 2.75) is 44.6 Å². The summed E-state index contributed by atoms with van der Waals surface area (Å²) in [6.45, 7) is 5.58. The Morgan fingerprint density at radius 2 is 1.87 bits per heavy atom. The Morgan fingerprint density at radius 1 is 1.07 bits per heavy atom. The molecule has 1 aromatic heterocycles. The molecule has 2 heterocycles. The highest BCUT2D eigenvalue weighted by atomic mass is 35.5. The lowest BCUT2D eigenvalue weighted by atomic mass is 10.1. The van der Waals surface area contributed by atoms with Crippen LogP contribution in [0.2, 0.25) is 5.02 Å². The van der Waals surface area contributed by atoms with Crippen LogP contribution < -0.4 is 15.0 Å².